The Morgan fingerprint density at radius 2 is 1.85 bits per heavy atom. The van der Waals surface area contributed by atoms with Crippen LogP contribution in [0, 0.1) is 0 Å². The molecule has 1 aliphatic rings. The van der Waals surface area contributed by atoms with Crippen molar-refractivity contribution < 1.29 is 22.7 Å². The zero-order valence-electron chi connectivity index (χ0n) is 11.2. The summed E-state index contributed by atoms with van der Waals surface area (Å²) in [6.07, 6.45) is 0.991. The van der Waals surface area contributed by atoms with Crippen LogP contribution in [0.25, 0.3) is 0 Å². The smallest absolute Gasteiger partial charge is 0.337 e. The third-order valence-corrected chi connectivity index (χ3v) is 5.04. The van der Waals surface area contributed by atoms with E-state index in [1.54, 1.807) is 12.1 Å². The van der Waals surface area contributed by atoms with Gasteiger partial charge in [-0.3, -0.25) is 4.72 Å². The highest BCUT2D eigenvalue weighted by atomic mass is 32.2. The van der Waals surface area contributed by atoms with Crippen LogP contribution in [0.3, 0.4) is 0 Å². The Kier molecular flexibility index (Phi) is 4.61. The van der Waals surface area contributed by atoms with Crippen LogP contribution in [0.15, 0.2) is 24.3 Å². The molecule has 6 nitrogen and oxygen atoms in total. The predicted molar refractivity (Wildman–Crippen MR) is 74.2 cm³/mol. The van der Waals surface area contributed by atoms with Gasteiger partial charge >= 0.3 is 5.97 Å². The van der Waals surface area contributed by atoms with E-state index in [0.29, 0.717) is 37.3 Å². The minimum Gasteiger partial charge on any atom is -0.465 e. The molecule has 0 unspecified atom stereocenters. The molecule has 0 spiro atoms. The van der Waals surface area contributed by atoms with Crippen molar-refractivity contribution >= 4 is 21.7 Å². The summed E-state index contributed by atoms with van der Waals surface area (Å²) < 4.78 is 36.6. The second-order valence-corrected chi connectivity index (χ2v) is 6.49. The number of esters is 1. The molecule has 0 atom stereocenters. The van der Waals surface area contributed by atoms with E-state index in [4.69, 9.17) is 4.74 Å². The number of ether oxygens (including phenoxy) is 2. The van der Waals surface area contributed by atoms with Gasteiger partial charge in [-0.1, -0.05) is 0 Å². The molecule has 0 saturated carbocycles. The number of sulfonamides is 1. The monoisotopic (exact) mass is 299 g/mol. The number of anilines is 1. The normalized spacial score (nSPS) is 16.6. The van der Waals surface area contributed by atoms with E-state index >= 15 is 0 Å². The molecule has 0 amide bonds. The van der Waals surface area contributed by atoms with Crippen molar-refractivity contribution in [3.05, 3.63) is 29.8 Å². The zero-order valence-corrected chi connectivity index (χ0v) is 12.0. The van der Waals surface area contributed by atoms with Gasteiger partial charge in [0.1, 0.15) is 0 Å². The molecule has 1 aliphatic heterocycles. The van der Waals surface area contributed by atoms with Gasteiger partial charge in [0, 0.05) is 18.9 Å². The van der Waals surface area contributed by atoms with Crippen LogP contribution in [0.1, 0.15) is 23.2 Å². The summed E-state index contributed by atoms with van der Waals surface area (Å²) in [5, 5.41) is -0.434. The van der Waals surface area contributed by atoms with Crippen molar-refractivity contribution in [1.29, 1.82) is 0 Å². The van der Waals surface area contributed by atoms with Gasteiger partial charge in [0.15, 0.2) is 0 Å². The largest absolute Gasteiger partial charge is 0.465 e. The zero-order chi connectivity index (χ0) is 14.6. The quantitative estimate of drug-likeness (QED) is 0.850. The molecule has 1 saturated heterocycles. The number of benzene rings is 1. The molecular formula is C13H17NO5S. The molecule has 7 heteroatoms. The topological polar surface area (TPSA) is 81.7 Å². The maximum absolute atomic E-state index is 12.2. The number of hydrogen-bond acceptors (Lipinski definition) is 5. The first-order chi connectivity index (χ1) is 9.53. The molecule has 110 valence electrons. The molecular weight excluding hydrogens is 282 g/mol. The Morgan fingerprint density at radius 3 is 2.40 bits per heavy atom. The van der Waals surface area contributed by atoms with Gasteiger partial charge in [-0.25, -0.2) is 13.2 Å². The van der Waals surface area contributed by atoms with E-state index in [0.717, 1.165) is 0 Å². The Balaban J connectivity index is 2.07. The van der Waals surface area contributed by atoms with Crippen molar-refractivity contribution in [3.8, 4) is 0 Å². The van der Waals surface area contributed by atoms with Crippen molar-refractivity contribution in [3.63, 3.8) is 0 Å². The lowest BCUT2D eigenvalue weighted by Gasteiger charge is -2.22. The fourth-order valence-corrected chi connectivity index (χ4v) is 3.47. The SMILES string of the molecule is COC(=O)c1ccc(NS(=O)(=O)C2CCOCC2)cc1. The lowest BCUT2D eigenvalue weighted by atomic mass is 10.2. The van der Waals surface area contributed by atoms with Crippen LogP contribution < -0.4 is 4.72 Å². The van der Waals surface area contributed by atoms with E-state index < -0.39 is 21.2 Å². The fraction of sp³-hybridized carbons (Fsp3) is 0.462. The number of methoxy groups -OCH3 is 1. The molecule has 0 radical (unpaired) electrons. The standard InChI is InChI=1S/C13H17NO5S/c1-18-13(15)10-2-4-11(5-3-10)14-20(16,17)12-6-8-19-9-7-12/h2-5,12,14H,6-9H2,1H3. The summed E-state index contributed by atoms with van der Waals surface area (Å²) in [5.74, 6) is -0.455. The van der Waals surface area contributed by atoms with E-state index in [2.05, 4.69) is 9.46 Å². The first kappa shape index (κ1) is 14.8. The van der Waals surface area contributed by atoms with Gasteiger partial charge < -0.3 is 9.47 Å². The van der Waals surface area contributed by atoms with Crippen molar-refractivity contribution in [2.45, 2.75) is 18.1 Å². The minimum atomic E-state index is -3.42. The molecule has 1 N–H and O–H groups in total. The van der Waals surface area contributed by atoms with Crippen LogP contribution in [0.2, 0.25) is 0 Å². The average molecular weight is 299 g/mol. The molecule has 20 heavy (non-hydrogen) atoms. The van der Waals surface area contributed by atoms with Gasteiger partial charge in [0.05, 0.1) is 17.9 Å². The molecule has 0 aromatic heterocycles. The average Bonchev–Trinajstić information content (AvgIpc) is 2.48. The third kappa shape index (κ3) is 3.49. The van der Waals surface area contributed by atoms with E-state index in [1.807, 2.05) is 0 Å². The van der Waals surface area contributed by atoms with Crippen LogP contribution in [-0.4, -0.2) is 40.0 Å². The van der Waals surface area contributed by atoms with Crippen molar-refractivity contribution in [1.82, 2.24) is 0 Å². The Labute approximate surface area is 118 Å². The highest BCUT2D eigenvalue weighted by Gasteiger charge is 2.27. The Bertz CT molecular complexity index is 561. The molecule has 1 heterocycles. The summed E-state index contributed by atoms with van der Waals surface area (Å²) in [6, 6.07) is 6.13. The third-order valence-electron chi connectivity index (χ3n) is 3.17. The van der Waals surface area contributed by atoms with Crippen molar-refractivity contribution in [2.75, 3.05) is 25.0 Å². The maximum Gasteiger partial charge on any atom is 0.337 e. The van der Waals surface area contributed by atoms with E-state index in [1.165, 1.54) is 19.2 Å². The Morgan fingerprint density at radius 1 is 1.25 bits per heavy atom. The molecule has 1 aromatic rings. The Hall–Kier alpha value is -1.60. The van der Waals surface area contributed by atoms with Crippen LogP contribution >= 0.6 is 0 Å². The van der Waals surface area contributed by atoms with Crippen LogP contribution in [0.5, 0.6) is 0 Å². The van der Waals surface area contributed by atoms with Gasteiger partial charge in [-0.15, -0.1) is 0 Å². The fourth-order valence-electron chi connectivity index (χ4n) is 2.03. The number of rotatable bonds is 4. The van der Waals surface area contributed by atoms with Crippen LogP contribution in [-0.2, 0) is 19.5 Å². The van der Waals surface area contributed by atoms with Gasteiger partial charge in [-0.05, 0) is 37.1 Å². The number of carbonyl (C=O) groups is 1. The summed E-state index contributed by atoms with van der Waals surface area (Å²) in [6.45, 7) is 0.930. The predicted octanol–water partition coefficient (Wildman–Crippen LogP) is 1.39. The first-order valence-corrected chi connectivity index (χ1v) is 7.85. The van der Waals surface area contributed by atoms with Gasteiger partial charge in [-0.2, -0.15) is 0 Å². The number of nitrogens with one attached hydrogen (secondary N) is 1. The lowest BCUT2D eigenvalue weighted by molar-refractivity contribution is 0.0601. The minimum absolute atomic E-state index is 0.376. The molecule has 2 rings (SSSR count). The van der Waals surface area contributed by atoms with Crippen LogP contribution in [0.4, 0.5) is 5.69 Å². The summed E-state index contributed by atoms with van der Waals surface area (Å²) in [5.41, 5.74) is 0.811. The first-order valence-electron chi connectivity index (χ1n) is 6.30. The van der Waals surface area contributed by atoms with E-state index in [-0.39, 0.29) is 0 Å². The second kappa shape index (κ2) is 6.23. The molecule has 0 aliphatic carbocycles. The summed E-state index contributed by atoms with van der Waals surface area (Å²) in [7, 11) is -2.13. The number of carbonyl (C=O) groups excluding carboxylic acids is 1. The number of hydrogen-bond donors (Lipinski definition) is 1. The summed E-state index contributed by atoms with van der Waals surface area (Å²) in [4.78, 5) is 11.3. The highest BCUT2D eigenvalue weighted by molar-refractivity contribution is 7.93. The molecule has 1 aromatic carbocycles. The molecule has 1 fully saturated rings. The summed E-state index contributed by atoms with van der Waals surface area (Å²) >= 11 is 0. The van der Waals surface area contributed by atoms with Gasteiger partial charge in [0.2, 0.25) is 10.0 Å². The lowest BCUT2D eigenvalue weighted by Crippen LogP contribution is -2.33. The highest BCUT2D eigenvalue weighted by Crippen LogP contribution is 2.19. The maximum atomic E-state index is 12.2. The van der Waals surface area contributed by atoms with Gasteiger partial charge in [0.25, 0.3) is 0 Å². The second-order valence-electron chi connectivity index (χ2n) is 4.53. The molecule has 0 bridgehead atoms. The van der Waals surface area contributed by atoms with Crippen molar-refractivity contribution in [2.24, 2.45) is 0 Å². The van der Waals surface area contributed by atoms with E-state index in [9.17, 15) is 13.2 Å².